The predicted molar refractivity (Wildman–Crippen MR) is 91.4 cm³/mol. The highest BCUT2D eigenvalue weighted by Gasteiger charge is 2.20. The highest BCUT2D eigenvalue weighted by Crippen LogP contribution is 2.30. The number of carbonyl (C=O) groups excluding carboxylic acids is 1. The molecule has 26 heavy (non-hydrogen) atoms. The van der Waals surface area contributed by atoms with Gasteiger partial charge in [-0.15, -0.1) is 10.2 Å². The summed E-state index contributed by atoms with van der Waals surface area (Å²) in [5.41, 5.74) is 7.52. The topological polar surface area (TPSA) is 119 Å². The molecule has 3 heterocycles. The van der Waals surface area contributed by atoms with E-state index in [2.05, 4.69) is 25.8 Å². The third-order valence-corrected chi connectivity index (χ3v) is 4.16. The van der Waals surface area contributed by atoms with Crippen molar-refractivity contribution in [2.24, 2.45) is 5.73 Å². The van der Waals surface area contributed by atoms with Gasteiger partial charge in [-0.05, 0) is 12.1 Å². The fourth-order valence-electron chi connectivity index (χ4n) is 2.91. The number of nitrogens with two attached hydrogens (primary N) is 1. The largest absolute Gasteiger partial charge is 0.493 e. The summed E-state index contributed by atoms with van der Waals surface area (Å²) in [6.07, 6.45) is 3.58. The Labute approximate surface area is 147 Å². The van der Waals surface area contributed by atoms with Crippen LogP contribution >= 0.6 is 0 Å². The maximum absolute atomic E-state index is 14.2. The SMILES string of the molecule is NCC(=O)Nc1cnc(NCc2c(F)ccc3c2CCO3)n2cnnc12. The highest BCUT2D eigenvalue weighted by atomic mass is 19.1. The van der Waals surface area contributed by atoms with Crippen molar-refractivity contribution in [3.8, 4) is 5.75 Å². The zero-order chi connectivity index (χ0) is 18.1. The average Bonchev–Trinajstić information content (AvgIpc) is 3.31. The minimum absolute atomic E-state index is 0.152. The van der Waals surface area contributed by atoms with Gasteiger partial charge in [0.15, 0.2) is 5.65 Å². The maximum Gasteiger partial charge on any atom is 0.238 e. The van der Waals surface area contributed by atoms with Gasteiger partial charge in [-0.25, -0.2) is 13.8 Å². The summed E-state index contributed by atoms with van der Waals surface area (Å²) in [7, 11) is 0. The van der Waals surface area contributed by atoms with Crippen LogP contribution < -0.4 is 21.1 Å². The van der Waals surface area contributed by atoms with Crippen molar-refractivity contribution in [3.63, 3.8) is 0 Å². The molecular weight excluding hydrogens is 341 g/mol. The lowest BCUT2D eigenvalue weighted by molar-refractivity contribution is -0.114. The number of amides is 1. The summed E-state index contributed by atoms with van der Waals surface area (Å²) < 4.78 is 21.3. The summed E-state index contributed by atoms with van der Waals surface area (Å²) in [5.74, 6) is 0.477. The first-order valence-electron chi connectivity index (χ1n) is 8.03. The highest BCUT2D eigenvalue weighted by molar-refractivity contribution is 5.95. The van der Waals surface area contributed by atoms with Gasteiger partial charge in [0.25, 0.3) is 0 Å². The van der Waals surface area contributed by atoms with Gasteiger partial charge >= 0.3 is 0 Å². The van der Waals surface area contributed by atoms with Crippen LogP contribution in [0.2, 0.25) is 0 Å². The third-order valence-electron chi connectivity index (χ3n) is 4.16. The number of aromatic nitrogens is 4. The van der Waals surface area contributed by atoms with E-state index in [0.717, 1.165) is 5.56 Å². The zero-order valence-electron chi connectivity index (χ0n) is 13.7. The molecule has 2 aromatic heterocycles. The Balaban J connectivity index is 1.61. The number of anilines is 2. The molecule has 0 unspecified atom stereocenters. The van der Waals surface area contributed by atoms with Crippen molar-refractivity contribution in [1.82, 2.24) is 19.6 Å². The van der Waals surface area contributed by atoms with E-state index in [4.69, 9.17) is 10.5 Å². The minimum Gasteiger partial charge on any atom is -0.493 e. The molecule has 1 aromatic carbocycles. The van der Waals surface area contributed by atoms with E-state index in [1.54, 1.807) is 10.5 Å². The molecule has 10 heteroatoms. The molecule has 0 saturated carbocycles. The first-order chi connectivity index (χ1) is 12.7. The smallest absolute Gasteiger partial charge is 0.238 e. The van der Waals surface area contributed by atoms with Gasteiger partial charge in [0, 0.05) is 24.1 Å². The molecule has 0 fully saturated rings. The number of fused-ring (bicyclic) bond motifs is 2. The van der Waals surface area contributed by atoms with E-state index in [1.807, 2.05) is 0 Å². The first kappa shape index (κ1) is 16.2. The Kier molecular flexibility index (Phi) is 4.09. The number of nitrogens with zero attached hydrogens (tertiary/aromatic N) is 4. The molecule has 0 aliphatic carbocycles. The molecule has 9 nitrogen and oxygen atoms in total. The third kappa shape index (κ3) is 2.80. The van der Waals surface area contributed by atoms with Crippen LogP contribution in [-0.2, 0) is 17.8 Å². The van der Waals surface area contributed by atoms with Crippen LogP contribution in [0, 0.1) is 5.82 Å². The van der Waals surface area contributed by atoms with Crippen LogP contribution in [0.25, 0.3) is 5.65 Å². The lowest BCUT2D eigenvalue weighted by atomic mass is 10.0. The van der Waals surface area contributed by atoms with E-state index in [-0.39, 0.29) is 24.8 Å². The van der Waals surface area contributed by atoms with Gasteiger partial charge in [0.1, 0.15) is 23.6 Å². The van der Waals surface area contributed by atoms with E-state index in [1.165, 1.54) is 18.6 Å². The Morgan fingerprint density at radius 1 is 1.42 bits per heavy atom. The predicted octanol–water partition coefficient (Wildman–Crippen LogP) is 0.708. The summed E-state index contributed by atoms with van der Waals surface area (Å²) in [4.78, 5) is 15.8. The second-order valence-electron chi connectivity index (χ2n) is 5.73. The number of hydrogen-bond acceptors (Lipinski definition) is 7. The second-order valence-corrected chi connectivity index (χ2v) is 5.73. The monoisotopic (exact) mass is 357 g/mol. The van der Waals surface area contributed by atoms with E-state index >= 15 is 0 Å². The lowest BCUT2D eigenvalue weighted by Gasteiger charge is -2.12. The lowest BCUT2D eigenvalue weighted by Crippen LogP contribution is -2.22. The van der Waals surface area contributed by atoms with Gasteiger partial charge in [-0.1, -0.05) is 0 Å². The van der Waals surface area contributed by atoms with Crippen LogP contribution in [0.15, 0.2) is 24.7 Å². The van der Waals surface area contributed by atoms with Gasteiger partial charge in [-0.2, -0.15) is 0 Å². The number of halogens is 1. The molecular formula is C16H16FN7O2. The van der Waals surface area contributed by atoms with Crippen molar-refractivity contribution in [1.29, 1.82) is 0 Å². The Morgan fingerprint density at radius 2 is 2.31 bits per heavy atom. The molecule has 4 N–H and O–H groups in total. The van der Waals surface area contributed by atoms with Gasteiger partial charge in [0.2, 0.25) is 11.9 Å². The summed E-state index contributed by atoms with van der Waals surface area (Å²) in [6, 6.07) is 3.04. The zero-order valence-corrected chi connectivity index (χ0v) is 13.7. The number of carbonyl (C=O) groups is 1. The Morgan fingerprint density at radius 3 is 3.15 bits per heavy atom. The second kappa shape index (κ2) is 6.56. The summed E-state index contributed by atoms with van der Waals surface area (Å²) in [6.45, 7) is 0.628. The van der Waals surface area contributed by atoms with Crippen LogP contribution in [0.5, 0.6) is 5.75 Å². The number of benzene rings is 1. The standard InChI is InChI=1S/C16H16FN7O2/c17-11-1-2-13-9(3-4-26-13)10(11)6-19-16-20-7-12(22-14(25)5-18)15-23-21-8-24(15)16/h1-2,7-8H,3-6,18H2,(H,19,20)(H,22,25). The molecule has 3 aromatic rings. The molecule has 0 atom stereocenters. The first-order valence-corrected chi connectivity index (χ1v) is 8.03. The van der Waals surface area contributed by atoms with Crippen molar-refractivity contribution in [2.75, 3.05) is 23.8 Å². The molecule has 0 saturated heterocycles. The van der Waals surface area contributed by atoms with Crippen molar-refractivity contribution < 1.29 is 13.9 Å². The number of ether oxygens (including phenoxy) is 1. The van der Waals surface area contributed by atoms with Crippen LogP contribution in [0.1, 0.15) is 11.1 Å². The fraction of sp³-hybridized carbons (Fsp3) is 0.250. The van der Waals surface area contributed by atoms with E-state index in [9.17, 15) is 9.18 Å². The van der Waals surface area contributed by atoms with Crippen molar-refractivity contribution >= 4 is 23.2 Å². The minimum atomic E-state index is -0.362. The van der Waals surface area contributed by atoms with Crippen LogP contribution in [0.4, 0.5) is 16.0 Å². The molecule has 1 aliphatic rings. The van der Waals surface area contributed by atoms with E-state index < -0.39 is 0 Å². The molecule has 0 radical (unpaired) electrons. The summed E-state index contributed by atoms with van der Waals surface area (Å²) >= 11 is 0. The quantitative estimate of drug-likeness (QED) is 0.615. The van der Waals surface area contributed by atoms with Gasteiger partial charge < -0.3 is 21.1 Å². The maximum atomic E-state index is 14.2. The normalized spacial score (nSPS) is 12.7. The molecule has 0 spiro atoms. The molecule has 134 valence electrons. The van der Waals surface area contributed by atoms with Crippen molar-refractivity contribution in [3.05, 3.63) is 41.6 Å². The van der Waals surface area contributed by atoms with Gasteiger partial charge in [0.05, 0.1) is 19.3 Å². The van der Waals surface area contributed by atoms with Crippen molar-refractivity contribution in [2.45, 2.75) is 13.0 Å². The van der Waals surface area contributed by atoms with E-state index in [0.29, 0.717) is 41.6 Å². The van der Waals surface area contributed by atoms with Gasteiger partial charge in [-0.3, -0.25) is 4.79 Å². The van der Waals surface area contributed by atoms with Crippen LogP contribution in [-0.4, -0.2) is 38.6 Å². The summed E-state index contributed by atoms with van der Waals surface area (Å²) in [5, 5.41) is 13.5. The Hall–Kier alpha value is -3.27. The Bertz CT molecular complexity index is 988. The number of rotatable bonds is 5. The fourth-order valence-corrected chi connectivity index (χ4v) is 2.91. The molecule has 4 rings (SSSR count). The molecule has 1 amide bonds. The number of hydrogen-bond donors (Lipinski definition) is 3. The molecule has 1 aliphatic heterocycles. The molecule has 0 bridgehead atoms. The average molecular weight is 357 g/mol. The van der Waals surface area contributed by atoms with Crippen LogP contribution in [0.3, 0.4) is 0 Å². The number of nitrogens with one attached hydrogen (secondary N) is 2.